The van der Waals surface area contributed by atoms with E-state index in [1.54, 1.807) is 12.1 Å². The van der Waals surface area contributed by atoms with Gasteiger partial charge in [-0.2, -0.15) is 0 Å². The van der Waals surface area contributed by atoms with Crippen LogP contribution in [0.15, 0.2) is 42.5 Å². The largest absolute Gasteiger partial charge is 0.397 e. The van der Waals surface area contributed by atoms with Gasteiger partial charge in [0, 0.05) is 5.69 Å². The molecule has 0 saturated carbocycles. The van der Waals surface area contributed by atoms with E-state index in [2.05, 4.69) is 31.3 Å². The summed E-state index contributed by atoms with van der Waals surface area (Å²) in [5.74, 6) is 0.193. The van der Waals surface area contributed by atoms with Crippen molar-refractivity contribution in [3.05, 3.63) is 53.8 Å². The first kappa shape index (κ1) is 13.4. The average Bonchev–Trinajstić information content (AvgIpc) is 2.43. The van der Waals surface area contributed by atoms with Gasteiger partial charge in [0.2, 0.25) is 0 Å². The molecule has 0 spiro atoms. The van der Waals surface area contributed by atoms with Gasteiger partial charge in [-0.3, -0.25) is 0 Å². The highest BCUT2D eigenvalue weighted by Crippen LogP contribution is 2.27. The van der Waals surface area contributed by atoms with E-state index in [1.807, 2.05) is 12.1 Å². The van der Waals surface area contributed by atoms with Crippen LogP contribution in [0.3, 0.4) is 0 Å². The molecule has 1 atom stereocenters. The van der Waals surface area contributed by atoms with Crippen LogP contribution in [0, 0.1) is 5.82 Å². The van der Waals surface area contributed by atoms with Crippen molar-refractivity contribution in [2.45, 2.75) is 26.2 Å². The molecule has 0 radical (unpaired) electrons. The molecule has 0 aliphatic carbocycles. The van der Waals surface area contributed by atoms with Crippen molar-refractivity contribution in [3.63, 3.8) is 0 Å². The number of nitrogen functional groups attached to an aromatic ring is 1. The second-order valence-electron chi connectivity index (χ2n) is 4.76. The van der Waals surface area contributed by atoms with Crippen LogP contribution in [0.5, 0.6) is 0 Å². The Labute approximate surface area is 113 Å². The fourth-order valence-corrected chi connectivity index (χ4v) is 1.95. The minimum absolute atomic E-state index is 0.332. The molecule has 1 unspecified atom stereocenters. The number of hydrogen-bond acceptors (Lipinski definition) is 2. The fraction of sp³-hybridized carbons (Fsp3) is 0.250. The molecule has 2 rings (SSSR count). The van der Waals surface area contributed by atoms with Crippen LogP contribution in [-0.4, -0.2) is 0 Å². The van der Waals surface area contributed by atoms with Gasteiger partial charge in [0.15, 0.2) is 0 Å². The summed E-state index contributed by atoms with van der Waals surface area (Å²) in [7, 11) is 0. The molecule has 100 valence electrons. The van der Waals surface area contributed by atoms with E-state index in [1.165, 1.54) is 11.6 Å². The summed E-state index contributed by atoms with van der Waals surface area (Å²) in [6.45, 7) is 4.36. The van der Waals surface area contributed by atoms with Crippen molar-refractivity contribution >= 4 is 17.1 Å². The van der Waals surface area contributed by atoms with Crippen LogP contribution < -0.4 is 11.1 Å². The van der Waals surface area contributed by atoms with E-state index in [0.29, 0.717) is 17.3 Å². The first-order valence-electron chi connectivity index (χ1n) is 6.52. The van der Waals surface area contributed by atoms with Gasteiger partial charge in [-0.1, -0.05) is 32.0 Å². The number of hydrogen-bond donors (Lipinski definition) is 2. The molecular weight excluding hydrogens is 239 g/mol. The lowest BCUT2D eigenvalue weighted by Crippen LogP contribution is -1.99. The number of para-hydroxylation sites is 1. The summed E-state index contributed by atoms with van der Waals surface area (Å²) < 4.78 is 13.7. The maximum Gasteiger partial charge on any atom is 0.148 e. The van der Waals surface area contributed by atoms with E-state index in [9.17, 15) is 4.39 Å². The lowest BCUT2D eigenvalue weighted by Gasteiger charge is -2.12. The second-order valence-corrected chi connectivity index (χ2v) is 4.76. The van der Waals surface area contributed by atoms with Gasteiger partial charge in [-0.05, 0) is 42.2 Å². The van der Waals surface area contributed by atoms with Gasteiger partial charge in [0.25, 0.3) is 0 Å². The molecule has 0 saturated heterocycles. The molecule has 3 N–H and O–H groups in total. The summed E-state index contributed by atoms with van der Waals surface area (Å²) in [6, 6.07) is 12.7. The topological polar surface area (TPSA) is 38.0 Å². The monoisotopic (exact) mass is 258 g/mol. The Morgan fingerprint density at radius 3 is 2.42 bits per heavy atom. The SMILES string of the molecule is CCC(C)c1ccc(Nc2c(N)cccc2F)cc1. The quantitative estimate of drug-likeness (QED) is 0.782. The summed E-state index contributed by atoms with van der Waals surface area (Å²) in [5.41, 5.74) is 8.63. The van der Waals surface area contributed by atoms with Gasteiger partial charge < -0.3 is 11.1 Å². The van der Waals surface area contributed by atoms with Gasteiger partial charge in [-0.15, -0.1) is 0 Å². The van der Waals surface area contributed by atoms with Gasteiger partial charge in [-0.25, -0.2) is 4.39 Å². The zero-order valence-corrected chi connectivity index (χ0v) is 11.3. The molecule has 0 fully saturated rings. The molecule has 0 amide bonds. The van der Waals surface area contributed by atoms with Crippen LogP contribution in [0.25, 0.3) is 0 Å². The predicted octanol–water partition coefficient (Wildman–Crippen LogP) is 4.67. The van der Waals surface area contributed by atoms with Crippen molar-refractivity contribution in [2.24, 2.45) is 0 Å². The van der Waals surface area contributed by atoms with Crippen molar-refractivity contribution in [2.75, 3.05) is 11.1 Å². The average molecular weight is 258 g/mol. The lowest BCUT2D eigenvalue weighted by molar-refractivity contribution is 0.632. The van der Waals surface area contributed by atoms with Crippen LogP contribution >= 0.6 is 0 Å². The molecule has 19 heavy (non-hydrogen) atoms. The summed E-state index contributed by atoms with van der Waals surface area (Å²) in [4.78, 5) is 0. The molecule has 0 aliphatic heterocycles. The van der Waals surface area contributed by atoms with E-state index in [-0.39, 0.29) is 5.82 Å². The third kappa shape index (κ3) is 3.05. The highest BCUT2D eigenvalue weighted by molar-refractivity contribution is 5.73. The summed E-state index contributed by atoms with van der Waals surface area (Å²) >= 11 is 0. The Balaban J connectivity index is 2.20. The number of benzene rings is 2. The van der Waals surface area contributed by atoms with Gasteiger partial charge >= 0.3 is 0 Å². The van der Waals surface area contributed by atoms with Crippen LogP contribution in [-0.2, 0) is 0 Å². The van der Waals surface area contributed by atoms with E-state index in [0.717, 1.165) is 12.1 Å². The maximum absolute atomic E-state index is 13.7. The summed E-state index contributed by atoms with van der Waals surface area (Å²) in [5, 5.41) is 3.02. The minimum Gasteiger partial charge on any atom is -0.397 e. The van der Waals surface area contributed by atoms with Crippen LogP contribution in [0.4, 0.5) is 21.5 Å². The summed E-state index contributed by atoms with van der Waals surface area (Å²) in [6.07, 6.45) is 1.10. The first-order valence-corrected chi connectivity index (χ1v) is 6.52. The molecular formula is C16H19FN2. The van der Waals surface area contributed by atoms with E-state index >= 15 is 0 Å². The maximum atomic E-state index is 13.7. The Bertz CT molecular complexity index is 529. The van der Waals surface area contributed by atoms with Crippen molar-refractivity contribution < 1.29 is 4.39 Å². The minimum atomic E-state index is -0.342. The van der Waals surface area contributed by atoms with Crippen molar-refractivity contribution in [1.82, 2.24) is 0 Å². The Kier molecular flexibility index (Phi) is 4.05. The molecule has 2 nitrogen and oxygen atoms in total. The van der Waals surface area contributed by atoms with E-state index < -0.39 is 0 Å². The number of anilines is 3. The smallest absolute Gasteiger partial charge is 0.148 e. The Hall–Kier alpha value is -2.03. The number of nitrogens with two attached hydrogens (primary N) is 1. The molecule has 0 aliphatic rings. The third-order valence-electron chi connectivity index (χ3n) is 3.41. The molecule has 0 bridgehead atoms. The standard InChI is InChI=1S/C16H19FN2/c1-3-11(2)12-7-9-13(10-8-12)19-16-14(17)5-4-6-15(16)18/h4-11,19H,3,18H2,1-2H3. The predicted molar refractivity (Wildman–Crippen MR) is 79.2 cm³/mol. The van der Waals surface area contributed by atoms with Crippen molar-refractivity contribution in [1.29, 1.82) is 0 Å². The van der Waals surface area contributed by atoms with Crippen LogP contribution in [0.1, 0.15) is 31.7 Å². The molecule has 2 aromatic carbocycles. The Morgan fingerprint density at radius 2 is 1.84 bits per heavy atom. The number of rotatable bonds is 4. The highest BCUT2D eigenvalue weighted by Gasteiger charge is 2.07. The molecule has 0 heterocycles. The van der Waals surface area contributed by atoms with E-state index in [4.69, 9.17) is 5.73 Å². The zero-order chi connectivity index (χ0) is 13.8. The van der Waals surface area contributed by atoms with Gasteiger partial charge in [0.1, 0.15) is 5.82 Å². The highest BCUT2D eigenvalue weighted by atomic mass is 19.1. The Morgan fingerprint density at radius 1 is 1.16 bits per heavy atom. The number of nitrogens with one attached hydrogen (secondary N) is 1. The van der Waals surface area contributed by atoms with Gasteiger partial charge in [0.05, 0.1) is 11.4 Å². The third-order valence-corrected chi connectivity index (χ3v) is 3.41. The first-order chi connectivity index (χ1) is 9.11. The van der Waals surface area contributed by atoms with Crippen molar-refractivity contribution in [3.8, 4) is 0 Å². The zero-order valence-electron chi connectivity index (χ0n) is 11.3. The number of halogens is 1. The van der Waals surface area contributed by atoms with Crippen LogP contribution in [0.2, 0.25) is 0 Å². The normalized spacial score (nSPS) is 12.2. The molecule has 0 aromatic heterocycles. The molecule has 2 aromatic rings. The lowest BCUT2D eigenvalue weighted by atomic mass is 9.98. The second kappa shape index (κ2) is 5.74. The molecule has 3 heteroatoms. The fourth-order valence-electron chi connectivity index (χ4n) is 1.95.